The molecule has 1 aliphatic carbocycles. The van der Waals surface area contributed by atoms with Crippen LogP contribution in [-0.4, -0.2) is 48.8 Å². The normalized spacial score (nSPS) is 31.2. The van der Waals surface area contributed by atoms with E-state index in [0.717, 1.165) is 38.3 Å². The predicted octanol–water partition coefficient (Wildman–Crippen LogP) is 1.99. The maximum atomic E-state index is 11.6. The molecule has 4 heteroatoms. The highest BCUT2D eigenvalue weighted by Gasteiger charge is 2.45. The Hall–Kier alpha value is -0.610. The molecule has 0 aromatic carbocycles. The minimum Gasteiger partial charge on any atom is -0.481 e. The van der Waals surface area contributed by atoms with Crippen LogP contribution in [0.1, 0.15) is 39.0 Å². The Morgan fingerprint density at radius 3 is 2.78 bits per heavy atom. The second-order valence-corrected chi connectivity index (χ2v) is 5.87. The molecule has 2 aliphatic rings. The maximum absolute atomic E-state index is 11.6. The zero-order valence-corrected chi connectivity index (χ0v) is 11.5. The van der Waals surface area contributed by atoms with Crippen LogP contribution in [0, 0.1) is 11.3 Å². The van der Waals surface area contributed by atoms with Crippen LogP contribution < -0.4 is 0 Å². The molecule has 1 saturated heterocycles. The van der Waals surface area contributed by atoms with E-state index in [1.54, 1.807) is 7.11 Å². The van der Waals surface area contributed by atoms with E-state index >= 15 is 0 Å². The van der Waals surface area contributed by atoms with Gasteiger partial charge in [-0.1, -0.05) is 6.92 Å². The third-order valence-corrected chi connectivity index (χ3v) is 4.71. The Labute approximate surface area is 109 Å². The Kier molecular flexibility index (Phi) is 4.28. The Bertz CT molecular complexity index is 303. The van der Waals surface area contributed by atoms with Crippen molar-refractivity contribution < 1.29 is 14.6 Å². The van der Waals surface area contributed by atoms with Crippen LogP contribution in [0.5, 0.6) is 0 Å². The lowest BCUT2D eigenvalue weighted by atomic mass is 9.77. The standard InChI is InChI=1S/C14H25NO3/c1-3-14(13(16)17)7-4-8-15(10-14)12(9-18-2)11-5-6-11/h11-12H,3-10H2,1-2H3,(H,16,17). The highest BCUT2D eigenvalue weighted by Crippen LogP contribution is 2.40. The highest BCUT2D eigenvalue weighted by atomic mass is 16.5. The summed E-state index contributed by atoms with van der Waals surface area (Å²) >= 11 is 0. The summed E-state index contributed by atoms with van der Waals surface area (Å²) in [5, 5.41) is 9.51. The third kappa shape index (κ3) is 2.69. The monoisotopic (exact) mass is 255 g/mol. The summed E-state index contributed by atoms with van der Waals surface area (Å²) in [7, 11) is 1.74. The van der Waals surface area contributed by atoms with Gasteiger partial charge in [0.1, 0.15) is 0 Å². The summed E-state index contributed by atoms with van der Waals surface area (Å²) in [4.78, 5) is 13.9. The molecule has 0 amide bonds. The third-order valence-electron chi connectivity index (χ3n) is 4.71. The molecular weight excluding hydrogens is 230 g/mol. The number of likely N-dealkylation sites (tertiary alicyclic amines) is 1. The zero-order chi connectivity index (χ0) is 13.2. The van der Waals surface area contributed by atoms with Crippen LogP contribution in [0.4, 0.5) is 0 Å². The van der Waals surface area contributed by atoms with Crippen LogP contribution in [-0.2, 0) is 9.53 Å². The van der Waals surface area contributed by atoms with Crippen molar-refractivity contribution in [3.63, 3.8) is 0 Å². The van der Waals surface area contributed by atoms with Gasteiger partial charge in [-0.3, -0.25) is 9.69 Å². The second kappa shape index (κ2) is 5.57. The van der Waals surface area contributed by atoms with E-state index in [0.29, 0.717) is 12.6 Å². The largest absolute Gasteiger partial charge is 0.481 e. The van der Waals surface area contributed by atoms with Gasteiger partial charge < -0.3 is 9.84 Å². The quantitative estimate of drug-likeness (QED) is 0.788. The van der Waals surface area contributed by atoms with E-state index in [9.17, 15) is 9.90 Å². The summed E-state index contributed by atoms with van der Waals surface area (Å²) in [6, 6.07) is 0.431. The van der Waals surface area contributed by atoms with Crippen molar-refractivity contribution in [2.75, 3.05) is 26.8 Å². The van der Waals surface area contributed by atoms with Crippen LogP contribution in [0.15, 0.2) is 0 Å². The molecule has 1 heterocycles. The topological polar surface area (TPSA) is 49.8 Å². The van der Waals surface area contributed by atoms with Gasteiger partial charge >= 0.3 is 5.97 Å². The number of rotatable bonds is 6. The first-order valence-corrected chi connectivity index (χ1v) is 7.09. The lowest BCUT2D eigenvalue weighted by Gasteiger charge is -2.43. The van der Waals surface area contributed by atoms with Crippen molar-refractivity contribution in [1.82, 2.24) is 4.90 Å². The van der Waals surface area contributed by atoms with Gasteiger partial charge in [0.25, 0.3) is 0 Å². The molecule has 2 fully saturated rings. The molecule has 1 N–H and O–H groups in total. The minimum absolute atomic E-state index is 0.431. The van der Waals surface area contributed by atoms with Gasteiger partial charge in [-0.05, 0) is 44.6 Å². The fourth-order valence-electron chi connectivity index (χ4n) is 3.26. The SMILES string of the molecule is CCC1(C(=O)O)CCCN(C(COC)C2CC2)C1. The summed E-state index contributed by atoms with van der Waals surface area (Å²) in [6.07, 6.45) is 5.09. The number of nitrogens with zero attached hydrogens (tertiary/aromatic N) is 1. The van der Waals surface area contributed by atoms with Crippen molar-refractivity contribution in [3.05, 3.63) is 0 Å². The molecule has 1 aliphatic heterocycles. The molecule has 18 heavy (non-hydrogen) atoms. The summed E-state index contributed by atoms with van der Waals surface area (Å²) < 4.78 is 5.33. The van der Waals surface area contributed by atoms with Crippen molar-refractivity contribution >= 4 is 5.97 Å². The van der Waals surface area contributed by atoms with E-state index in [-0.39, 0.29) is 0 Å². The molecule has 2 rings (SSSR count). The molecule has 0 spiro atoms. The lowest BCUT2D eigenvalue weighted by Crippen LogP contribution is -2.52. The Balaban J connectivity index is 2.06. The van der Waals surface area contributed by atoms with E-state index in [1.807, 2.05) is 6.92 Å². The lowest BCUT2D eigenvalue weighted by molar-refractivity contribution is -0.154. The molecule has 0 aromatic heterocycles. The molecule has 2 atom stereocenters. The fourth-order valence-corrected chi connectivity index (χ4v) is 3.26. The number of carbonyl (C=O) groups is 1. The van der Waals surface area contributed by atoms with E-state index in [4.69, 9.17) is 4.74 Å². The molecule has 0 bridgehead atoms. The first kappa shape index (κ1) is 13.8. The molecular formula is C14H25NO3. The Morgan fingerprint density at radius 2 is 2.28 bits per heavy atom. The average molecular weight is 255 g/mol. The number of carboxylic acids is 1. The van der Waals surface area contributed by atoms with Gasteiger partial charge in [0.15, 0.2) is 0 Å². The van der Waals surface area contributed by atoms with E-state index < -0.39 is 11.4 Å². The molecule has 0 radical (unpaired) electrons. The maximum Gasteiger partial charge on any atom is 0.310 e. The van der Waals surface area contributed by atoms with Gasteiger partial charge in [0.05, 0.1) is 12.0 Å². The van der Waals surface area contributed by atoms with E-state index in [1.165, 1.54) is 12.8 Å². The van der Waals surface area contributed by atoms with Crippen molar-refractivity contribution in [3.8, 4) is 0 Å². The number of piperidine rings is 1. The van der Waals surface area contributed by atoms with Crippen LogP contribution in [0.3, 0.4) is 0 Å². The van der Waals surface area contributed by atoms with Gasteiger partial charge in [-0.15, -0.1) is 0 Å². The number of hydrogen-bond donors (Lipinski definition) is 1. The van der Waals surface area contributed by atoms with E-state index in [2.05, 4.69) is 4.90 Å². The smallest absolute Gasteiger partial charge is 0.310 e. The number of hydrogen-bond acceptors (Lipinski definition) is 3. The highest BCUT2D eigenvalue weighted by molar-refractivity contribution is 5.75. The first-order valence-electron chi connectivity index (χ1n) is 7.09. The van der Waals surface area contributed by atoms with Crippen LogP contribution in [0.25, 0.3) is 0 Å². The average Bonchev–Trinajstić information content (AvgIpc) is 3.20. The van der Waals surface area contributed by atoms with Crippen molar-refractivity contribution in [2.24, 2.45) is 11.3 Å². The fraction of sp³-hybridized carbons (Fsp3) is 0.929. The molecule has 4 nitrogen and oxygen atoms in total. The number of ether oxygens (including phenoxy) is 1. The molecule has 104 valence electrons. The minimum atomic E-state index is -0.623. The Morgan fingerprint density at radius 1 is 1.56 bits per heavy atom. The number of methoxy groups -OCH3 is 1. The zero-order valence-electron chi connectivity index (χ0n) is 11.5. The molecule has 1 saturated carbocycles. The van der Waals surface area contributed by atoms with Crippen molar-refractivity contribution in [1.29, 1.82) is 0 Å². The predicted molar refractivity (Wildman–Crippen MR) is 69.6 cm³/mol. The molecule has 2 unspecified atom stereocenters. The van der Waals surface area contributed by atoms with Gasteiger partial charge in [-0.25, -0.2) is 0 Å². The van der Waals surface area contributed by atoms with Gasteiger partial charge in [-0.2, -0.15) is 0 Å². The first-order chi connectivity index (χ1) is 8.63. The number of aliphatic carboxylic acids is 1. The van der Waals surface area contributed by atoms with Crippen molar-refractivity contribution in [2.45, 2.75) is 45.1 Å². The van der Waals surface area contributed by atoms with Gasteiger partial charge in [0.2, 0.25) is 0 Å². The summed E-state index contributed by atoms with van der Waals surface area (Å²) in [5.74, 6) is 0.105. The van der Waals surface area contributed by atoms with Crippen LogP contribution >= 0.6 is 0 Å². The molecule has 0 aromatic rings. The second-order valence-electron chi connectivity index (χ2n) is 5.87. The number of carboxylic acid groups (broad SMARTS) is 1. The summed E-state index contributed by atoms with van der Waals surface area (Å²) in [6.45, 7) is 4.47. The van der Waals surface area contributed by atoms with Crippen LogP contribution in [0.2, 0.25) is 0 Å². The van der Waals surface area contributed by atoms with Gasteiger partial charge in [0, 0.05) is 19.7 Å². The summed E-state index contributed by atoms with van der Waals surface area (Å²) in [5.41, 5.74) is -0.529.